The van der Waals surface area contributed by atoms with Crippen molar-refractivity contribution in [3.05, 3.63) is 35.9 Å². The molecule has 0 spiro atoms. The van der Waals surface area contributed by atoms with Crippen molar-refractivity contribution in [1.29, 1.82) is 0 Å². The minimum Gasteiger partial charge on any atom is -0.381 e. The van der Waals surface area contributed by atoms with Crippen molar-refractivity contribution in [2.45, 2.75) is 50.5 Å². The smallest absolute Gasteiger partial charge is 0.245 e. The zero-order chi connectivity index (χ0) is 14.1. The molecule has 1 saturated heterocycles. The summed E-state index contributed by atoms with van der Waals surface area (Å²) in [6, 6.07) is 10.1. The lowest BCUT2D eigenvalue weighted by Gasteiger charge is -2.42. The maximum Gasteiger partial charge on any atom is 0.245 e. The summed E-state index contributed by atoms with van der Waals surface area (Å²) < 4.78 is 5.33. The van der Waals surface area contributed by atoms with Crippen LogP contribution in [0.1, 0.15) is 37.8 Å². The number of nitrogens with zero attached hydrogens (tertiary/aromatic N) is 1. The van der Waals surface area contributed by atoms with Crippen molar-refractivity contribution in [3.8, 4) is 0 Å². The van der Waals surface area contributed by atoms with Crippen LogP contribution in [0.4, 0.5) is 0 Å². The predicted molar refractivity (Wildman–Crippen MR) is 77.1 cm³/mol. The first-order valence-electron chi connectivity index (χ1n) is 7.40. The van der Waals surface area contributed by atoms with Gasteiger partial charge in [0.2, 0.25) is 5.91 Å². The van der Waals surface area contributed by atoms with Gasteiger partial charge in [-0.05, 0) is 24.8 Å². The van der Waals surface area contributed by atoms with Gasteiger partial charge in [0, 0.05) is 13.2 Å². The topological polar surface area (TPSA) is 41.6 Å². The van der Waals surface area contributed by atoms with Crippen molar-refractivity contribution < 1.29 is 9.53 Å². The van der Waals surface area contributed by atoms with Gasteiger partial charge in [-0.25, -0.2) is 0 Å². The van der Waals surface area contributed by atoms with Gasteiger partial charge in [-0.15, -0.1) is 0 Å². The maximum absolute atomic E-state index is 12.7. The number of benzene rings is 1. The molecular weight excluding hydrogens is 252 g/mol. The van der Waals surface area contributed by atoms with E-state index in [1.165, 1.54) is 0 Å². The van der Waals surface area contributed by atoms with Crippen molar-refractivity contribution in [2.24, 2.45) is 0 Å². The van der Waals surface area contributed by atoms with Crippen LogP contribution in [0.2, 0.25) is 0 Å². The monoisotopic (exact) mass is 274 g/mol. The Morgan fingerprint density at radius 2 is 2.00 bits per heavy atom. The Labute approximate surface area is 120 Å². The number of methoxy groups -OCH3 is 1. The highest BCUT2D eigenvalue weighted by Crippen LogP contribution is 2.35. The molecule has 3 rings (SSSR count). The number of nitrogens with one attached hydrogen (secondary N) is 1. The standard InChI is InChI=1S/C16H22N2O2/c1-3-14-17-15(11-7-5-4-6-8-11)16(19)18(14)12-9-13(10-12)20-2/h4-8,12-15,17H,3,9-10H2,1-2H3. The molecule has 2 aliphatic rings. The molecule has 2 atom stereocenters. The fourth-order valence-electron chi connectivity index (χ4n) is 3.24. The molecule has 1 amide bonds. The van der Waals surface area contributed by atoms with Gasteiger partial charge in [0.15, 0.2) is 0 Å². The van der Waals surface area contributed by atoms with Gasteiger partial charge in [0.1, 0.15) is 6.04 Å². The Hall–Kier alpha value is -1.39. The lowest BCUT2D eigenvalue weighted by Crippen LogP contribution is -2.52. The first kappa shape index (κ1) is 13.6. The van der Waals surface area contributed by atoms with Crippen molar-refractivity contribution in [1.82, 2.24) is 10.2 Å². The van der Waals surface area contributed by atoms with E-state index in [4.69, 9.17) is 4.74 Å². The lowest BCUT2D eigenvalue weighted by molar-refractivity contribution is -0.137. The Morgan fingerprint density at radius 3 is 2.60 bits per heavy atom. The Bertz CT molecular complexity index is 471. The predicted octanol–water partition coefficient (Wildman–Crippen LogP) is 2.07. The van der Waals surface area contributed by atoms with E-state index in [0.29, 0.717) is 12.1 Å². The van der Waals surface area contributed by atoms with Crippen LogP contribution in [-0.4, -0.2) is 36.2 Å². The summed E-state index contributed by atoms with van der Waals surface area (Å²) in [5, 5.41) is 3.47. The maximum atomic E-state index is 12.7. The largest absolute Gasteiger partial charge is 0.381 e. The highest BCUT2D eigenvalue weighted by molar-refractivity contribution is 5.86. The quantitative estimate of drug-likeness (QED) is 0.914. The molecule has 1 aliphatic heterocycles. The van der Waals surface area contributed by atoms with Crippen molar-refractivity contribution in [3.63, 3.8) is 0 Å². The highest BCUT2D eigenvalue weighted by Gasteiger charge is 2.46. The summed E-state index contributed by atoms with van der Waals surface area (Å²) in [5.74, 6) is 0.211. The fourth-order valence-corrected chi connectivity index (χ4v) is 3.24. The summed E-state index contributed by atoms with van der Waals surface area (Å²) in [5.41, 5.74) is 1.06. The molecular formula is C16H22N2O2. The SMILES string of the molecule is CCC1NC(c2ccccc2)C(=O)N1C1CC(OC)C1. The average Bonchev–Trinajstić information content (AvgIpc) is 2.76. The molecule has 0 bridgehead atoms. The molecule has 1 N–H and O–H groups in total. The second-order valence-electron chi connectivity index (χ2n) is 5.66. The molecule has 4 heteroatoms. The van der Waals surface area contributed by atoms with Crippen molar-refractivity contribution >= 4 is 5.91 Å². The van der Waals surface area contributed by atoms with E-state index in [1.807, 2.05) is 35.2 Å². The van der Waals surface area contributed by atoms with Gasteiger partial charge < -0.3 is 9.64 Å². The number of hydrogen-bond acceptors (Lipinski definition) is 3. The zero-order valence-electron chi connectivity index (χ0n) is 12.1. The third kappa shape index (κ3) is 2.23. The molecule has 20 heavy (non-hydrogen) atoms. The normalized spacial score (nSPS) is 33.3. The van der Waals surface area contributed by atoms with Gasteiger partial charge in [0.25, 0.3) is 0 Å². The van der Waals surface area contributed by atoms with Crippen LogP contribution in [0.3, 0.4) is 0 Å². The van der Waals surface area contributed by atoms with Gasteiger partial charge in [0.05, 0.1) is 12.3 Å². The molecule has 0 radical (unpaired) electrons. The van der Waals surface area contributed by atoms with Crippen LogP contribution < -0.4 is 5.32 Å². The number of carbonyl (C=O) groups is 1. The molecule has 1 aliphatic carbocycles. The molecule has 1 heterocycles. The van der Waals surface area contributed by atoms with E-state index in [0.717, 1.165) is 24.8 Å². The number of hydrogen-bond donors (Lipinski definition) is 1. The molecule has 4 nitrogen and oxygen atoms in total. The van der Waals surface area contributed by atoms with Crippen LogP contribution in [0.15, 0.2) is 30.3 Å². The number of amides is 1. The third-order valence-electron chi connectivity index (χ3n) is 4.51. The second kappa shape index (κ2) is 5.54. The Morgan fingerprint density at radius 1 is 1.30 bits per heavy atom. The Balaban J connectivity index is 1.76. The van der Waals surface area contributed by atoms with E-state index in [9.17, 15) is 4.79 Å². The van der Waals surface area contributed by atoms with Crippen LogP contribution in [0.25, 0.3) is 0 Å². The third-order valence-corrected chi connectivity index (χ3v) is 4.51. The van der Waals surface area contributed by atoms with E-state index >= 15 is 0 Å². The van der Waals surface area contributed by atoms with E-state index in [-0.39, 0.29) is 18.1 Å². The molecule has 2 fully saturated rings. The summed E-state index contributed by atoms with van der Waals surface area (Å²) in [6.45, 7) is 2.12. The Kier molecular flexibility index (Phi) is 3.76. The summed E-state index contributed by atoms with van der Waals surface area (Å²) in [7, 11) is 1.75. The van der Waals surface area contributed by atoms with Crippen LogP contribution >= 0.6 is 0 Å². The lowest BCUT2D eigenvalue weighted by atomic mass is 9.87. The van der Waals surface area contributed by atoms with Crippen LogP contribution in [0, 0.1) is 0 Å². The zero-order valence-corrected chi connectivity index (χ0v) is 12.1. The summed E-state index contributed by atoms with van der Waals surface area (Å²) in [6.07, 6.45) is 3.32. The van der Waals surface area contributed by atoms with Gasteiger partial charge >= 0.3 is 0 Å². The van der Waals surface area contributed by atoms with E-state index < -0.39 is 0 Å². The minimum absolute atomic E-state index is 0.149. The van der Waals surface area contributed by atoms with E-state index in [1.54, 1.807) is 7.11 Å². The summed E-state index contributed by atoms with van der Waals surface area (Å²) in [4.78, 5) is 14.8. The second-order valence-corrected chi connectivity index (χ2v) is 5.66. The molecule has 2 unspecified atom stereocenters. The first-order chi connectivity index (χ1) is 9.74. The molecule has 108 valence electrons. The van der Waals surface area contributed by atoms with Crippen LogP contribution in [-0.2, 0) is 9.53 Å². The van der Waals surface area contributed by atoms with Gasteiger partial charge in [-0.1, -0.05) is 37.3 Å². The van der Waals surface area contributed by atoms with Crippen LogP contribution in [0.5, 0.6) is 0 Å². The average molecular weight is 274 g/mol. The van der Waals surface area contributed by atoms with Crippen molar-refractivity contribution in [2.75, 3.05) is 7.11 Å². The minimum atomic E-state index is -0.192. The number of rotatable bonds is 4. The first-order valence-corrected chi connectivity index (χ1v) is 7.40. The van der Waals surface area contributed by atoms with Gasteiger partial charge in [-0.3, -0.25) is 10.1 Å². The molecule has 1 saturated carbocycles. The molecule has 1 aromatic carbocycles. The number of ether oxygens (including phenoxy) is 1. The molecule has 1 aromatic rings. The highest BCUT2D eigenvalue weighted by atomic mass is 16.5. The van der Waals surface area contributed by atoms with Gasteiger partial charge in [-0.2, -0.15) is 0 Å². The molecule has 0 aromatic heterocycles. The fraction of sp³-hybridized carbons (Fsp3) is 0.562. The number of carbonyl (C=O) groups excluding carboxylic acids is 1. The van der Waals surface area contributed by atoms with E-state index in [2.05, 4.69) is 12.2 Å². The summed E-state index contributed by atoms with van der Waals surface area (Å²) >= 11 is 0.